The molecule has 1 aromatic heterocycles. The number of nitrogens with zero attached hydrogens (tertiary/aromatic N) is 1. The van der Waals surface area contributed by atoms with Gasteiger partial charge in [-0.05, 0) is 26.0 Å². The molecule has 128 valence electrons. The van der Waals surface area contributed by atoms with E-state index in [1.54, 1.807) is 38.1 Å². The van der Waals surface area contributed by atoms with E-state index in [9.17, 15) is 13.2 Å². The number of H-pyrrole nitrogens is 1. The second kappa shape index (κ2) is 6.13. The molecule has 0 saturated heterocycles. The molecule has 0 radical (unpaired) electrons. The largest absolute Gasteiger partial charge is 0.485 e. The number of nitrogens with one attached hydrogen (secondary N) is 3. The average molecular weight is 352 g/mol. The van der Waals surface area contributed by atoms with Gasteiger partial charge in [-0.3, -0.25) is 15.3 Å². The van der Waals surface area contributed by atoms with Crippen molar-refractivity contribution < 1.29 is 22.7 Å². The lowest BCUT2D eigenvalue weighted by Gasteiger charge is -2.25. The number of aromatic amines is 1. The van der Waals surface area contributed by atoms with Crippen molar-refractivity contribution in [2.75, 3.05) is 6.61 Å². The van der Waals surface area contributed by atoms with Crippen molar-refractivity contribution in [3.05, 3.63) is 35.7 Å². The number of aryl methyl sites for hydroxylation is 2. The van der Waals surface area contributed by atoms with Crippen molar-refractivity contribution in [2.24, 2.45) is 0 Å². The first-order valence-electron chi connectivity index (χ1n) is 7.10. The number of rotatable bonds is 4. The van der Waals surface area contributed by atoms with Crippen LogP contribution in [0.15, 0.2) is 29.2 Å². The van der Waals surface area contributed by atoms with Gasteiger partial charge in [-0.2, -0.15) is 5.10 Å². The van der Waals surface area contributed by atoms with Gasteiger partial charge in [0.05, 0.1) is 11.4 Å². The van der Waals surface area contributed by atoms with Crippen molar-refractivity contribution in [1.29, 1.82) is 0 Å². The number of aromatic nitrogens is 2. The van der Waals surface area contributed by atoms with Crippen LogP contribution >= 0.6 is 0 Å². The van der Waals surface area contributed by atoms with E-state index in [1.165, 1.54) is 0 Å². The van der Waals surface area contributed by atoms with Crippen LogP contribution in [0.3, 0.4) is 0 Å². The molecule has 3 rings (SSSR count). The zero-order valence-electron chi connectivity index (χ0n) is 13.0. The predicted molar refractivity (Wildman–Crippen MR) is 82.9 cm³/mol. The smallest absolute Gasteiger partial charge is 0.279 e. The molecule has 9 nitrogen and oxygen atoms in total. The molecule has 2 aromatic rings. The van der Waals surface area contributed by atoms with E-state index < -0.39 is 22.0 Å². The first kappa shape index (κ1) is 16.3. The molecule has 1 aliphatic rings. The summed E-state index contributed by atoms with van der Waals surface area (Å²) >= 11 is 0. The van der Waals surface area contributed by atoms with Crippen molar-refractivity contribution in [2.45, 2.75) is 24.8 Å². The van der Waals surface area contributed by atoms with Gasteiger partial charge >= 0.3 is 0 Å². The number of ether oxygens (including phenoxy) is 2. The summed E-state index contributed by atoms with van der Waals surface area (Å²) in [6.45, 7) is 3.11. The van der Waals surface area contributed by atoms with Crippen molar-refractivity contribution in [1.82, 2.24) is 20.5 Å². The molecule has 1 amide bonds. The van der Waals surface area contributed by atoms with Crippen LogP contribution in [0.2, 0.25) is 0 Å². The SMILES string of the molecule is Cc1n[nH]c(C)c1S(=O)(=O)NNC(=O)[C@@H]1COc2ccccc2O1. The molecular weight excluding hydrogens is 336 g/mol. The monoisotopic (exact) mass is 352 g/mol. The molecule has 2 heterocycles. The predicted octanol–water partition coefficient (Wildman–Crippen LogP) is 0.176. The summed E-state index contributed by atoms with van der Waals surface area (Å²) in [6.07, 6.45) is -0.964. The summed E-state index contributed by atoms with van der Waals surface area (Å²) in [5.74, 6) is 0.298. The Kier molecular flexibility index (Phi) is 4.16. The maximum Gasteiger partial charge on any atom is 0.279 e. The number of para-hydroxylation sites is 2. The normalized spacial score (nSPS) is 16.7. The van der Waals surface area contributed by atoms with Gasteiger partial charge in [0.1, 0.15) is 11.5 Å². The lowest BCUT2D eigenvalue weighted by Crippen LogP contribution is -2.50. The number of hydrazine groups is 1. The zero-order chi connectivity index (χ0) is 17.3. The fraction of sp³-hybridized carbons (Fsp3) is 0.286. The van der Waals surface area contributed by atoms with E-state index >= 15 is 0 Å². The Hall–Kier alpha value is -2.59. The van der Waals surface area contributed by atoms with E-state index in [0.29, 0.717) is 22.9 Å². The third-order valence-corrected chi connectivity index (χ3v) is 4.95. The first-order valence-corrected chi connectivity index (χ1v) is 8.58. The highest BCUT2D eigenvalue weighted by molar-refractivity contribution is 7.89. The molecule has 0 fully saturated rings. The first-order chi connectivity index (χ1) is 11.4. The van der Waals surface area contributed by atoms with Gasteiger partial charge in [0.25, 0.3) is 15.9 Å². The highest BCUT2D eigenvalue weighted by Crippen LogP contribution is 2.30. The van der Waals surface area contributed by atoms with Crippen LogP contribution in [-0.4, -0.2) is 37.2 Å². The maximum absolute atomic E-state index is 12.3. The Morgan fingerprint density at radius 3 is 2.67 bits per heavy atom. The summed E-state index contributed by atoms with van der Waals surface area (Å²) in [4.78, 5) is 14.2. The fourth-order valence-electron chi connectivity index (χ4n) is 2.33. The number of sulfonamides is 1. The minimum atomic E-state index is -3.94. The van der Waals surface area contributed by atoms with Crippen LogP contribution in [0.5, 0.6) is 11.5 Å². The highest BCUT2D eigenvalue weighted by Gasteiger charge is 2.29. The number of benzene rings is 1. The third-order valence-electron chi connectivity index (χ3n) is 3.44. The van der Waals surface area contributed by atoms with Crippen LogP contribution in [-0.2, 0) is 14.8 Å². The van der Waals surface area contributed by atoms with E-state index in [2.05, 4.69) is 15.6 Å². The summed E-state index contributed by atoms with van der Waals surface area (Å²) < 4.78 is 35.5. The third kappa shape index (κ3) is 3.05. The Balaban J connectivity index is 1.66. The summed E-state index contributed by atoms with van der Waals surface area (Å²) in [7, 11) is -3.94. The lowest BCUT2D eigenvalue weighted by molar-refractivity contribution is -0.130. The molecule has 1 aromatic carbocycles. The quantitative estimate of drug-likeness (QED) is 0.675. The molecule has 24 heavy (non-hydrogen) atoms. The number of hydrogen-bond acceptors (Lipinski definition) is 6. The van der Waals surface area contributed by atoms with Gasteiger partial charge < -0.3 is 9.47 Å². The van der Waals surface area contributed by atoms with E-state index in [0.717, 1.165) is 0 Å². The van der Waals surface area contributed by atoms with Crippen molar-refractivity contribution >= 4 is 15.9 Å². The minimum Gasteiger partial charge on any atom is -0.485 e. The number of hydrogen-bond donors (Lipinski definition) is 3. The molecule has 0 spiro atoms. The zero-order valence-corrected chi connectivity index (χ0v) is 13.8. The van der Waals surface area contributed by atoms with Gasteiger partial charge in [-0.1, -0.05) is 12.1 Å². The number of fused-ring (bicyclic) bond motifs is 1. The number of carbonyl (C=O) groups excluding carboxylic acids is 1. The Labute approximate surface area is 138 Å². The molecule has 0 aliphatic carbocycles. The van der Waals surface area contributed by atoms with Gasteiger partial charge in [-0.15, -0.1) is 4.83 Å². The lowest BCUT2D eigenvalue weighted by atomic mass is 10.2. The van der Waals surface area contributed by atoms with Crippen LogP contribution in [0.4, 0.5) is 0 Å². The van der Waals surface area contributed by atoms with Gasteiger partial charge in [-0.25, -0.2) is 8.42 Å². The second-order valence-corrected chi connectivity index (χ2v) is 6.84. The Bertz CT molecular complexity index is 858. The van der Waals surface area contributed by atoms with Crippen LogP contribution in [0.25, 0.3) is 0 Å². The van der Waals surface area contributed by atoms with Crippen LogP contribution < -0.4 is 19.7 Å². The summed E-state index contributed by atoms with van der Waals surface area (Å²) in [6, 6.07) is 6.91. The molecule has 0 saturated carbocycles. The molecule has 0 bridgehead atoms. The van der Waals surface area contributed by atoms with E-state index in [-0.39, 0.29) is 11.5 Å². The summed E-state index contributed by atoms with van der Waals surface area (Å²) in [5, 5.41) is 6.40. The van der Waals surface area contributed by atoms with Crippen LogP contribution in [0, 0.1) is 13.8 Å². The molecule has 1 atom stereocenters. The van der Waals surface area contributed by atoms with Crippen molar-refractivity contribution in [3.63, 3.8) is 0 Å². The maximum atomic E-state index is 12.3. The molecule has 10 heteroatoms. The number of carbonyl (C=O) groups is 1. The number of amides is 1. The molecule has 1 aliphatic heterocycles. The second-order valence-electron chi connectivity index (χ2n) is 5.22. The fourth-order valence-corrected chi connectivity index (χ4v) is 3.55. The minimum absolute atomic E-state index is 0.00559. The van der Waals surface area contributed by atoms with E-state index in [4.69, 9.17) is 9.47 Å². The van der Waals surface area contributed by atoms with Crippen LogP contribution in [0.1, 0.15) is 11.4 Å². The van der Waals surface area contributed by atoms with Crippen molar-refractivity contribution in [3.8, 4) is 11.5 Å². The molecule has 3 N–H and O–H groups in total. The molecule has 0 unspecified atom stereocenters. The topological polar surface area (TPSA) is 122 Å². The van der Waals surface area contributed by atoms with Gasteiger partial charge in [0.15, 0.2) is 11.5 Å². The summed E-state index contributed by atoms with van der Waals surface area (Å²) in [5.41, 5.74) is 2.82. The van der Waals surface area contributed by atoms with Gasteiger partial charge in [0.2, 0.25) is 6.10 Å². The van der Waals surface area contributed by atoms with E-state index in [1.807, 2.05) is 4.83 Å². The Morgan fingerprint density at radius 2 is 2.00 bits per heavy atom. The highest BCUT2D eigenvalue weighted by atomic mass is 32.2. The molecular formula is C14H16N4O5S. The standard InChI is InChI=1S/C14H16N4O5S/c1-8-13(9(2)16-15-8)24(20,21)18-17-14(19)12-7-22-10-5-3-4-6-11(10)23-12/h3-6,12,18H,7H2,1-2H3,(H,15,16)(H,17,19)/t12-/m0/s1. The Morgan fingerprint density at radius 1 is 1.29 bits per heavy atom. The van der Waals surface area contributed by atoms with Gasteiger partial charge in [0, 0.05) is 0 Å². The average Bonchev–Trinajstić information content (AvgIpc) is 2.91.